The lowest BCUT2D eigenvalue weighted by Gasteiger charge is -2.31. The van der Waals surface area contributed by atoms with Crippen LogP contribution >= 0.6 is 0 Å². The first-order valence-electron chi connectivity index (χ1n) is 20.8. The predicted molar refractivity (Wildman–Crippen MR) is 257 cm³/mol. The molecule has 288 valence electrons. The summed E-state index contributed by atoms with van der Waals surface area (Å²) < 4.78 is 7.11. The van der Waals surface area contributed by atoms with E-state index in [2.05, 4.69) is 252 Å². The summed E-state index contributed by atoms with van der Waals surface area (Å²) >= 11 is 0. The Bertz CT molecular complexity index is 3270. The monoisotopic (exact) mass is 780 g/mol. The summed E-state index contributed by atoms with van der Waals surface area (Å²) in [5, 5.41) is 4.34. The van der Waals surface area contributed by atoms with Crippen molar-refractivity contribution in [2.45, 2.75) is 0 Å². The van der Waals surface area contributed by atoms with E-state index in [1.54, 1.807) is 0 Å². The van der Waals surface area contributed by atoms with Crippen LogP contribution in [0.3, 0.4) is 0 Å². The highest BCUT2D eigenvalue weighted by molar-refractivity contribution is 6.20. The lowest BCUT2D eigenvalue weighted by molar-refractivity contribution is 0.673. The van der Waals surface area contributed by atoms with E-state index in [4.69, 9.17) is 4.42 Å². The molecule has 10 aromatic carbocycles. The molecule has 0 spiro atoms. The number of benzene rings is 10. The van der Waals surface area contributed by atoms with Crippen LogP contribution in [-0.4, -0.2) is 0 Å². The topological polar surface area (TPSA) is 19.6 Å². The molecule has 3 heteroatoms. The van der Waals surface area contributed by atoms with Gasteiger partial charge in [0.05, 0.1) is 22.4 Å². The number of hydrogen-bond acceptors (Lipinski definition) is 3. The number of fused-ring (bicyclic) bond motifs is 5. The molecule has 0 fully saturated rings. The molecule has 3 nitrogen and oxygen atoms in total. The molecule has 1 aromatic heterocycles. The lowest BCUT2D eigenvalue weighted by atomic mass is 9.99. The number of hydrogen-bond donors (Lipinski definition) is 0. The summed E-state index contributed by atoms with van der Waals surface area (Å²) in [5.41, 5.74) is 14.8. The van der Waals surface area contributed by atoms with E-state index in [-0.39, 0.29) is 0 Å². The molecule has 0 aliphatic carbocycles. The van der Waals surface area contributed by atoms with Gasteiger partial charge in [-0.1, -0.05) is 182 Å². The second kappa shape index (κ2) is 15.6. The van der Waals surface area contributed by atoms with Gasteiger partial charge in [0.1, 0.15) is 11.2 Å². The molecule has 0 amide bonds. The fourth-order valence-electron chi connectivity index (χ4n) is 8.73. The van der Waals surface area contributed by atoms with Gasteiger partial charge in [-0.3, -0.25) is 0 Å². The van der Waals surface area contributed by atoms with Gasteiger partial charge < -0.3 is 14.2 Å². The van der Waals surface area contributed by atoms with Gasteiger partial charge in [-0.15, -0.1) is 0 Å². The summed E-state index contributed by atoms with van der Waals surface area (Å²) in [7, 11) is 0. The van der Waals surface area contributed by atoms with Crippen LogP contribution in [0.25, 0.3) is 66.1 Å². The fraction of sp³-hybridized carbons (Fsp3) is 0. The third-order valence-corrected chi connectivity index (χ3v) is 11.6. The molecule has 0 N–H and O–H groups in total. The SMILES string of the molecule is c1ccc(-c2ccc(N(c3ccccc3)c3cc(N(c4ccc(-c5ccccc5)cc4)c4ccccc4-c4ccccc4)c4c(c3)oc3c5ccccc5ccc34)cc2)cc1. The molecule has 0 saturated carbocycles. The maximum absolute atomic E-state index is 7.11. The Hall–Kier alpha value is -8.14. The van der Waals surface area contributed by atoms with E-state index in [0.717, 1.165) is 83.5 Å². The second-order valence-electron chi connectivity index (χ2n) is 15.3. The van der Waals surface area contributed by atoms with E-state index in [1.165, 1.54) is 16.7 Å². The summed E-state index contributed by atoms with van der Waals surface area (Å²) in [6.07, 6.45) is 0. The zero-order valence-corrected chi connectivity index (χ0v) is 33.4. The molecule has 0 atom stereocenters. The molecule has 0 bridgehead atoms. The van der Waals surface area contributed by atoms with Gasteiger partial charge in [0.15, 0.2) is 0 Å². The van der Waals surface area contributed by atoms with Crippen molar-refractivity contribution in [2.24, 2.45) is 0 Å². The van der Waals surface area contributed by atoms with E-state index in [1.807, 2.05) is 0 Å². The molecule has 11 aromatic rings. The first-order valence-corrected chi connectivity index (χ1v) is 20.8. The van der Waals surface area contributed by atoms with E-state index in [0.29, 0.717) is 0 Å². The van der Waals surface area contributed by atoms with Crippen LogP contribution in [-0.2, 0) is 0 Å². The van der Waals surface area contributed by atoms with Gasteiger partial charge in [0.2, 0.25) is 0 Å². The lowest BCUT2D eigenvalue weighted by Crippen LogP contribution is -2.14. The summed E-state index contributed by atoms with van der Waals surface area (Å²) in [6.45, 7) is 0. The van der Waals surface area contributed by atoms with E-state index < -0.39 is 0 Å². The second-order valence-corrected chi connectivity index (χ2v) is 15.3. The van der Waals surface area contributed by atoms with E-state index in [9.17, 15) is 0 Å². The molecular formula is C58H40N2O. The molecule has 11 rings (SSSR count). The molecule has 0 unspecified atom stereocenters. The molecule has 0 saturated heterocycles. The standard InChI is InChI=1S/C58H40N2O/c1-5-17-41(18-6-1)43-29-34-48(35-30-43)59(47-24-11-4-12-25-47)50-39-55(57-53-38-33-46-23-13-14-27-52(46)58(53)61-56(57)40-50)60(49-36-31-44(32-37-49)42-19-7-2-8-20-42)54-28-16-15-26-51(54)45-21-9-3-10-22-45/h1-40H. The summed E-state index contributed by atoms with van der Waals surface area (Å²) in [6, 6.07) is 86.5. The minimum Gasteiger partial charge on any atom is -0.455 e. The van der Waals surface area contributed by atoms with Gasteiger partial charge in [-0.05, 0) is 87.8 Å². The van der Waals surface area contributed by atoms with Gasteiger partial charge in [0.25, 0.3) is 0 Å². The Morgan fingerprint density at radius 1 is 0.295 bits per heavy atom. The highest BCUT2D eigenvalue weighted by Gasteiger charge is 2.26. The minimum absolute atomic E-state index is 0.809. The van der Waals surface area contributed by atoms with Crippen molar-refractivity contribution in [2.75, 3.05) is 9.80 Å². The zero-order valence-electron chi connectivity index (χ0n) is 33.4. The van der Waals surface area contributed by atoms with Gasteiger partial charge in [-0.2, -0.15) is 0 Å². The smallest absolute Gasteiger partial charge is 0.143 e. The Kier molecular flexibility index (Phi) is 9.18. The number of nitrogens with zero attached hydrogens (tertiary/aromatic N) is 2. The molecule has 0 aliphatic heterocycles. The summed E-state index contributed by atoms with van der Waals surface area (Å²) in [5.74, 6) is 0. The van der Waals surface area contributed by atoms with Crippen molar-refractivity contribution in [1.82, 2.24) is 0 Å². The predicted octanol–water partition coefficient (Wildman–Crippen LogP) is 16.7. The third-order valence-electron chi connectivity index (χ3n) is 11.6. The Morgan fingerprint density at radius 2 is 0.787 bits per heavy atom. The fourth-order valence-corrected chi connectivity index (χ4v) is 8.73. The zero-order chi connectivity index (χ0) is 40.5. The highest BCUT2D eigenvalue weighted by Crippen LogP contribution is 2.50. The number of para-hydroxylation sites is 2. The molecule has 0 radical (unpaired) electrons. The molecule has 1 heterocycles. The number of furan rings is 1. The van der Waals surface area contributed by atoms with Crippen LogP contribution in [0.1, 0.15) is 0 Å². The maximum atomic E-state index is 7.11. The molecular weight excluding hydrogens is 741 g/mol. The number of rotatable bonds is 9. The van der Waals surface area contributed by atoms with Crippen LogP contribution in [0.5, 0.6) is 0 Å². The summed E-state index contributed by atoms with van der Waals surface area (Å²) in [4.78, 5) is 4.76. The van der Waals surface area contributed by atoms with Crippen LogP contribution in [0.4, 0.5) is 34.1 Å². The van der Waals surface area contributed by atoms with Crippen molar-refractivity contribution < 1.29 is 4.42 Å². The Balaban J connectivity index is 1.20. The number of anilines is 6. The average molecular weight is 781 g/mol. The van der Waals surface area contributed by atoms with Crippen LogP contribution < -0.4 is 9.80 Å². The Morgan fingerprint density at radius 3 is 1.43 bits per heavy atom. The van der Waals surface area contributed by atoms with E-state index >= 15 is 0 Å². The quantitative estimate of drug-likeness (QED) is 0.145. The average Bonchev–Trinajstić information content (AvgIpc) is 3.73. The molecule has 61 heavy (non-hydrogen) atoms. The van der Waals surface area contributed by atoms with Crippen molar-refractivity contribution in [3.8, 4) is 33.4 Å². The maximum Gasteiger partial charge on any atom is 0.143 e. The van der Waals surface area contributed by atoms with Crippen molar-refractivity contribution in [3.05, 3.63) is 243 Å². The largest absolute Gasteiger partial charge is 0.455 e. The van der Waals surface area contributed by atoms with Crippen LogP contribution in [0, 0.1) is 0 Å². The normalized spacial score (nSPS) is 11.3. The van der Waals surface area contributed by atoms with Crippen LogP contribution in [0.15, 0.2) is 247 Å². The van der Waals surface area contributed by atoms with Gasteiger partial charge in [-0.25, -0.2) is 0 Å². The molecule has 0 aliphatic rings. The third kappa shape index (κ3) is 6.69. The van der Waals surface area contributed by atoms with Crippen LogP contribution in [0.2, 0.25) is 0 Å². The van der Waals surface area contributed by atoms with Gasteiger partial charge in [0, 0.05) is 39.5 Å². The first kappa shape index (κ1) is 36.0. The van der Waals surface area contributed by atoms with Crippen molar-refractivity contribution in [3.63, 3.8) is 0 Å². The highest BCUT2D eigenvalue weighted by atomic mass is 16.3. The minimum atomic E-state index is 0.809. The first-order chi connectivity index (χ1) is 30.3. The Labute approximate surface area is 355 Å². The van der Waals surface area contributed by atoms with Crippen molar-refractivity contribution >= 4 is 66.8 Å². The van der Waals surface area contributed by atoms with Gasteiger partial charge >= 0.3 is 0 Å². The van der Waals surface area contributed by atoms with Crippen molar-refractivity contribution in [1.29, 1.82) is 0 Å².